The first-order chi connectivity index (χ1) is 8.15. The largest absolute Gasteiger partial charge is 0.398 e. The van der Waals surface area contributed by atoms with Gasteiger partial charge in [0.25, 0.3) is 0 Å². The van der Waals surface area contributed by atoms with Gasteiger partial charge in [0.1, 0.15) is 0 Å². The smallest absolute Gasteiger partial charge is 0.226 e. The Morgan fingerprint density at radius 1 is 1.47 bits per heavy atom. The number of nitrogens with two attached hydrogens (primary N) is 1. The average Bonchev–Trinajstić information content (AvgIpc) is 2.32. The molecule has 0 saturated carbocycles. The lowest BCUT2D eigenvalue weighted by molar-refractivity contribution is -0.129. The number of hydrogen-bond acceptors (Lipinski definition) is 2. The van der Waals surface area contributed by atoms with Crippen LogP contribution in [0, 0.1) is 0 Å². The van der Waals surface area contributed by atoms with Gasteiger partial charge in [-0.2, -0.15) is 0 Å². The summed E-state index contributed by atoms with van der Waals surface area (Å²) in [4.78, 5) is 13.6. The van der Waals surface area contributed by atoms with Crippen LogP contribution in [0.15, 0.2) is 36.9 Å². The number of nitrogens with zero attached hydrogens (tertiary/aromatic N) is 1. The summed E-state index contributed by atoms with van der Waals surface area (Å²) >= 11 is 0. The zero-order valence-electron chi connectivity index (χ0n) is 10.4. The van der Waals surface area contributed by atoms with Crippen molar-refractivity contribution in [2.75, 3.05) is 19.3 Å². The van der Waals surface area contributed by atoms with Crippen molar-refractivity contribution in [3.8, 4) is 0 Å². The molecule has 0 radical (unpaired) electrons. The lowest BCUT2D eigenvalue weighted by Gasteiger charge is -2.17. The van der Waals surface area contributed by atoms with Crippen LogP contribution in [0.2, 0.25) is 0 Å². The number of amides is 1. The lowest BCUT2D eigenvalue weighted by Crippen LogP contribution is -2.29. The maximum Gasteiger partial charge on any atom is 0.226 e. The lowest BCUT2D eigenvalue weighted by atomic mass is 10.1. The van der Waals surface area contributed by atoms with Crippen LogP contribution < -0.4 is 5.73 Å². The molecular formula is C14H20N2O. The Balaban J connectivity index is 2.48. The SMILES string of the molecule is C=CCCCN(C)C(=O)Cc1ccccc1N. The molecule has 92 valence electrons. The Labute approximate surface area is 103 Å². The number of carbonyl (C=O) groups is 1. The summed E-state index contributed by atoms with van der Waals surface area (Å²) in [6.45, 7) is 4.42. The Hall–Kier alpha value is -1.77. The minimum Gasteiger partial charge on any atom is -0.398 e. The van der Waals surface area contributed by atoms with Gasteiger partial charge in [-0.05, 0) is 24.5 Å². The number of hydrogen-bond donors (Lipinski definition) is 1. The van der Waals surface area contributed by atoms with Crippen molar-refractivity contribution >= 4 is 11.6 Å². The average molecular weight is 232 g/mol. The van der Waals surface area contributed by atoms with Gasteiger partial charge >= 0.3 is 0 Å². The molecule has 1 amide bonds. The molecule has 2 N–H and O–H groups in total. The fraction of sp³-hybridized carbons (Fsp3) is 0.357. The van der Waals surface area contributed by atoms with E-state index in [0.717, 1.165) is 24.9 Å². The zero-order chi connectivity index (χ0) is 12.7. The van der Waals surface area contributed by atoms with Crippen molar-refractivity contribution in [3.63, 3.8) is 0 Å². The van der Waals surface area contributed by atoms with Crippen molar-refractivity contribution in [3.05, 3.63) is 42.5 Å². The van der Waals surface area contributed by atoms with Gasteiger partial charge in [-0.25, -0.2) is 0 Å². The van der Waals surface area contributed by atoms with Crippen LogP contribution in [0.4, 0.5) is 5.69 Å². The molecule has 0 atom stereocenters. The number of likely N-dealkylation sites (N-methyl/N-ethyl adjacent to an activating group) is 1. The van der Waals surface area contributed by atoms with Gasteiger partial charge in [0.15, 0.2) is 0 Å². The molecule has 0 spiro atoms. The van der Waals surface area contributed by atoms with Crippen molar-refractivity contribution < 1.29 is 4.79 Å². The van der Waals surface area contributed by atoms with Crippen LogP contribution in [0.25, 0.3) is 0 Å². The third-order valence-electron chi connectivity index (χ3n) is 2.72. The third kappa shape index (κ3) is 4.31. The van der Waals surface area contributed by atoms with E-state index in [1.54, 1.807) is 4.90 Å². The van der Waals surface area contributed by atoms with Gasteiger partial charge in [0.05, 0.1) is 6.42 Å². The van der Waals surface area contributed by atoms with Crippen LogP contribution in [-0.2, 0) is 11.2 Å². The molecule has 0 aliphatic carbocycles. The van der Waals surface area contributed by atoms with E-state index < -0.39 is 0 Å². The van der Waals surface area contributed by atoms with E-state index in [9.17, 15) is 4.79 Å². The number of para-hydroxylation sites is 1. The molecule has 1 rings (SSSR count). The molecule has 1 aromatic carbocycles. The number of nitrogen functional groups attached to an aromatic ring is 1. The third-order valence-corrected chi connectivity index (χ3v) is 2.72. The molecule has 0 aliphatic rings. The predicted octanol–water partition coefficient (Wildman–Crippen LogP) is 2.24. The van der Waals surface area contributed by atoms with E-state index in [0.29, 0.717) is 12.1 Å². The van der Waals surface area contributed by atoms with Gasteiger partial charge in [0.2, 0.25) is 5.91 Å². The maximum atomic E-state index is 11.9. The van der Waals surface area contributed by atoms with Crippen LogP contribution in [0.5, 0.6) is 0 Å². The number of rotatable bonds is 6. The van der Waals surface area contributed by atoms with Crippen molar-refractivity contribution in [1.29, 1.82) is 0 Å². The van der Waals surface area contributed by atoms with Crippen molar-refractivity contribution in [2.24, 2.45) is 0 Å². The second kappa shape index (κ2) is 6.74. The maximum absolute atomic E-state index is 11.9. The molecule has 1 aromatic rings. The molecule has 0 unspecified atom stereocenters. The highest BCUT2D eigenvalue weighted by molar-refractivity contribution is 5.80. The quantitative estimate of drug-likeness (QED) is 0.464. The van der Waals surface area contributed by atoms with E-state index in [4.69, 9.17) is 5.73 Å². The first kappa shape index (κ1) is 13.3. The molecular weight excluding hydrogens is 212 g/mol. The zero-order valence-corrected chi connectivity index (χ0v) is 10.4. The van der Waals surface area contributed by atoms with Crippen LogP contribution in [0.1, 0.15) is 18.4 Å². The molecule has 3 nitrogen and oxygen atoms in total. The van der Waals surface area contributed by atoms with Gasteiger partial charge in [0, 0.05) is 19.3 Å². The molecule has 0 bridgehead atoms. The van der Waals surface area contributed by atoms with Gasteiger partial charge in [-0.1, -0.05) is 24.3 Å². The minimum absolute atomic E-state index is 0.104. The molecule has 0 fully saturated rings. The first-order valence-corrected chi connectivity index (χ1v) is 5.83. The van der Waals surface area contributed by atoms with Crippen LogP contribution in [-0.4, -0.2) is 24.4 Å². The van der Waals surface area contributed by atoms with E-state index in [2.05, 4.69) is 6.58 Å². The van der Waals surface area contributed by atoms with Crippen molar-refractivity contribution in [1.82, 2.24) is 4.90 Å². The first-order valence-electron chi connectivity index (χ1n) is 5.83. The Morgan fingerprint density at radius 2 is 2.18 bits per heavy atom. The highest BCUT2D eigenvalue weighted by Crippen LogP contribution is 2.12. The number of anilines is 1. The predicted molar refractivity (Wildman–Crippen MR) is 71.6 cm³/mol. The molecule has 0 aromatic heterocycles. The topological polar surface area (TPSA) is 46.3 Å². The van der Waals surface area contributed by atoms with Gasteiger partial charge in [-0.3, -0.25) is 4.79 Å². The second-order valence-corrected chi connectivity index (χ2v) is 4.12. The van der Waals surface area contributed by atoms with Gasteiger partial charge in [-0.15, -0.1) is 6.58 Å². The Kier molecular flexibility index (Phi) is 5.27. The van der Waals surface area contributed by atoms with Crippen LogP contribution in [0.3, 0.4) is 0 Å². The summed E-state index contributed by atoms with van der Waals surface area (Å²) < 4.78 is 0. The fourth-order valence-corrected chi connectivity index (χ4v) is 1.59. The molecule has 0 saturated heterocycles. The highest BCUT2D eigenvalue weighted by atomic mass is 16.2. The van der Waals surface area contributed by atoms with E-state index in [1.807, 2.05) is 37.4 Å². The summed E-state index contributed by atoms with van der Waals surface area (Å²) in [5, 5.41) is 0. The van der Waals surface area contributed by atoms with Crippen molar-refractivity contribution in [2.45, 2.75) is 19.3 Å². The van der Waals surface area contributed by atoms with E-state index >= 15 is 0 Å². The molecule has 17 heavy (non-hydrogen) atoms. The molecule has 3 heteroatoms. The van der Waals surface area contributed by atoms with Crippen LogP contribution >= 0.6 is 0 Å². The fourth-order valence-electron chi connectivity index (χ4n) is 1.59. The summed E-state index contributed by atoms with van der Waals surface area (Å²) in [6.07, 6.45) is 4.13. The minimum atomic E-state index is 0.104. The van der Waals surface area contributed by atoms with Gasteiger partial charge < -0.3 is 10.6 Å². The Bertz CT molecular complexity index is 388. The number of unbranched alkanes of at least 4 members (excludes halogenated alkanes) is 1. The van der Waals surface area contributed by atoms with E-state index in [-0.39, 0.29) is 5.91 Å². The monoisotopic (exact) mass is 232 g/mol. The Morgan fingerprint density at radius 3 is 2.82 bits per heavy atom. The number of benzene rings is 1. The number of carbonyl (C=O) groups excluding carboxylic acids is 1. The second-order valence-electron chi connectivity index (χ2n) is 4.12. The normalized spacial score (nSPS) is 9.94. The number of allylic oxidation sites excluding steroid dienone is 1. The molecule has 0 aliphatic heterocycles. The van der Waals surface area contributed by atoms with E-state index in [1.165, 1.54) is 0 Å². The molecule has 0 heterocycles. The highest BCUT2D eigenvalue weighted by Gasteiger charge is 2.10. The summed E-state index contributed by atoms with van der Waals surface area (Å²) in [6, 6.07) is 7.49. The summed E-state index contributed by atoms with van der Waals surface area (Å²) in [7, 11) is 1.82. The summed E-state index contributed by atoms with van der Waals surface area (Å²) in [5.74, 6) is 0.104. The summed E-state index contributed by atoms with van der Waals surface area (Å²) in [5.41, 5.74) is 7.38. The standard InChI is InChI=1S/C14H20N2O/c1-3-4-7-10-16(2)14(17)11-12-8-5-6-9-13(12)15/h3,5-6,8-9H,1,4,7,10-11,15H2,2H3.